The van der Waals surface area contributed by atoms with Crippen LogP contribution < -0.4 is 10.6 Å². The fourth-order valence-corrected chi connectivity index (χ4v) is 4.61. The number of sulfonamides is 1. The quantitative estimate of drug-likeness (QED) is 0.330. The lowest BCUT2D eigenvalue weighted by Crippen LogP contribution is -2.44. The SMILES string of the molecule is CCNC(=NCC1(c2ccccc2)CC1)NCC1CCN(S(C)(=O)=O)CC1.I. The highest BCUT2D eigenvalue weighted by Crippen LogP contribution is 2.48. The molecule has 1 saturated heterocycles. The monoisotopic (exact) mass is 520 g/mol. The van der Waals surface area contributed by atoms with Gasteiger partial charge >= 0.3 is 0 Å². The highest BCUT2D eigenvalue weighted by Gasteiger charge is 2.44. The molecule has 0 radical (unpaired) electrons. The number of nitrogens with zero attached hydrogens (tertiary/aromatic N) is 2. The lowest BCUT2D eigenvalue weighted by molar-refractivity contribution is 0.275. The summed E-state index contributed by atoms with van der Waals surface area (Å²) >= 11 is 0. The van der Waals surface area contributed by atoms with E-state index in [2.05, 4.69) is 47.9 Å². The van der Waals surface area contributed by atoms with E-state index in [9.17, 15) is 8.42 Å². The maximum atomic E-state index is 11.6. The first-order valence-electron chi connectivity index (χ1n) is 9.96. The number of piperidine rings is 1. The average Bonchev–Trinajstić information content (AvgIpc) is 3.46. The molecule has 1 aromatic carbocycles. The molecule has 1 heterocycles. The zero-order chi connectivity index (χ0) is 19.3. The molecule has 3 rings (SSSR count). The lowest BCUT2D eigenvalue weighted by atomic mass is 9.96. The number of hydrogen-bond donors (Lipinski definition) is 2. The molecular formula is C20H33IN4O2S. The van der Waals surface area contributed by atoms with E-state index in [4.69, 9.17) is 4.99 Å². The second kappa shape index (κ2) is 10.2. The second-order valence-electron chi connectivity index (χ2n) is 7.83. The van der Waals surface area contributed by atoms with Gasteiger partial charge in [-0.2, -0.15) is 0 Å². The first kappa shape index (κ1) is 23.4. The number of guanidine groups is 1. The molecule has 1 saturated carbocycles. The number of benzene rings is 1. The summed E-state index contributed by atoms with van der Waals surface area (Å²) in [4.78, 5) is 4.85. The van der Waals surface area contributed by atoms with Crippen LogP contribution in [0, 0.1) is 5.92 Å². The lowest BCUT2D eigenvalue weighted by Gasteiger charge is -2.30. The fraction of sp³-hybridized carbons (Fsp3) is 0.650. The molecule has 2 fully saturated rings. The Kier molecular flexibility index (Phi) is 8.57. The van der Waals surface area contributed by atoms with E-state index >= 15 is 0 Å². The summed E-state index contributed by atoms with van der Waals surface area (Å²) in [5.41, 5.74) is 1.60. The molecule has 6 nitrogen and oxygen atoms in total. The van der Waals surface area contributed by atoms with Crippen molar-refractivity contribution in [1.82, 2.24) is 14.9 Å². The third-order valence-corrected chi connectivity index (χ3v) is 7.03. The summed E-state index contributed by atoms with van der Waals surface area (Å²) in [5.74, 6) is 1.35. The number of halogens is 1. The maximum Gasteiger partial charge on any atom is 0.211 e. The highest BCUT2D eigenvalue weighted by atomic mass is 127. The van der Waals surface area contributed by atoms with Crippen LogP contribution in [0.1, 0.15) is 38.2 Å². The molecule has 1 aliphatic carbocycles. The van der Waals surface area contributed by atoms with Crippen LogP contribution in [0.15, 0.2) is 35.3 Å². The Morgan fingerprint density at radius 1 is 1.18 bits per heavy atom. The van der Waals surface area contributed by atoms with Crippen molar-refractivity contribution in [3.8, 4) is 0 Å². The summed E-state index contributed by atoms with van der Waals surface area (Å²) in [6.45, 7) is 5.79. The Balaban J connectivity index is 0.00000280. The van der Waals surface area contributed by atoms with Crippen LogP contribution >= 0.6 is 24.0 Å². The minimum Gasteiger partial charge on any atom is -0.357 e. The van der Waals surface area contributed by atoms with Crippen molar-refractivity contribution >= 4 is 40.0 Å². The molecule has 0 aromatic heterocycles. The van der Waals surface area contributed by atoms with Gasteiger partial charge in [-0.3, -0.25) is 4.99 Å². The van der Waals surface area contributed by atoms with Crippen LogP contribution in [-0.4, -0.2) is 57.7 Å². The Hall–Kier alpha value is -0.870. The Bertz CT molecular complexity index is 743. The van der Waals surface area contributed by atoms with Gasteiger partial charge in [-0.05, 0) is 44.1 Å². The van der Waals surface area contributed by atoms with Gasteiger partial charge in [0.25, 0.3) is 0 Å². The van der Waals surface area contributed by atoms with Gasteiger partial charge < -0.3 is 10.6 Å². The Morgan fingerprint density at radius 2 is 1.82 bits per heavy atom. The molecular weight excluding hydrogens is 487 g/mol. The van der Waals surface area contributed by atoms with E-state index in [1.54, 1.807) is 4.31 Å². The summed E-state index contributed by atoms with van der Waals surface area (Å²) < 4.78 is 24.8. The van der Waals surface area contributed by atoms with E-state index in [0.29, 0.717) is 19.0 Å². The molecule has 28 heavy (non-hydrogen) atoms. The van der Waals surface area contributed by atoms with Gasteiger partial charge in [0.15, 0.2) is 5.96 Å². The largest absolute Gasteiger partial charge is 0.357 e. The van der Waals surface area contributed by atoms with Crippen molar-refractivity contribution in [1.29, 1.82) is 0 Å². The van der Waals surface area contributed by atoms with Gasteiger partial charge in [-0.15, -0.1) is 24.0 Å². The topological polar surface area (TPSA) is 73.8 Å². The van der Waals surface area contributed by atoms with Crippen molar-refractivity contribution in [3.05, 3.63) is 35.9 Å². The molecule has 158 valence electrons. The third-order valence-electron chi connectivity index (χ3n) is 5.72. The predicted molar refractivity (Wildman–Crippen MR) is 126 cm³/mol. The highest BCUT2D eigenvalue weighted by molar-refractivity contribution is 14.0. The van der Waals surface area contributed by atoms with E-state index in [-0.39, 0.29) is 29.4 Å². The fourth-order valence-electron chi connectivity index (χ4n) is 3.74. The molecule has 0 spiro atoms. The average molecular weight is 520 g/mol. The maximum absolute atomic E-state index is 11.6. The first-order chi connectivity index (χ1) is 12.9. The van der Waals surface area contributed by atoms with Crippen LogP contribution in [0.5, 0.6) is 0 Å². The number of nitrogens with one attached hydrogen (secondary N) is 2. The Morgan fingerprint density at radius 3 is 2.36 bits per heavy atom. The standard InChI is InChI=1S/C20H32N4O2S.HI/c1-3-21-19(22-15-17-9-13-24(14-10-17)27(2,25)26)23-16-20(11-12-20)18-7-5-4-6-8-18;/h4-8,17H,3,9-16H2,1-2H3,(H2,21,22,23);1H. The molecule has 2 aliphatic rings. The number of aliphatic imine (C=N–C) groups is 1. The smallest absolute Gasteiger partial charge is 0.211 e. The van der Waals surface area contributed by atoms with Crippen molar-refractivity contribution < 1.29 is 8.42 Å². The van der Waals surface area contributed by atoms with Gasteiger partial charge in [0, 0.05) is 31.6 Å². The predicted octanol–water partition coefficient (Wildman–Crippen LogP) is 2.56. The summed E-state index contributed by atoms with van der Waals surface area (Å²) in [7, 11) is -3.06. The van der Waals surface area contributed by atoms with Gasteiger partial charge in [-0.25, -0.2) is 12.7 Å². The van der Waals surface area contributed by atoms with Gasteiger partial charge in [0.2, 0.25) is 10.0 Å². The van der Waals surface area contributed by atoms with Crippen molar-refractivity contribution in [3.63, 3.8) is 0 Å². The summed E-state index contributed by atoms with van der Waals surface area (Å²) in [6.07, 6.45) is 5.48. The van der Waals surface area contributed by atoms with E-state index in [0.717, 1.165) is 38.4 Å². The molecule has 1 aliphatic heterocycles. The second-order valence-corrected chi connectivity index (χ2v) is 9.81. The molecule has 0 bridgehead atoms. The van der Waals surface area contributed by atoms with Gasteiger partial charge in [0.05, 0.1) is 12.8 Å². The van der Waals surface area contributed by atoms with Crippen LogP contribution in [0.25, 0.3) is 0 Å². The van der Waals surface area contributed by atoms with Gasteiger partial charge in [0.1, 0.15) is 0 Å². The molecule has 0 atom stereocenters. The minimum atomic E-state index is -3.06. The van der Waals surface area contributed by atoms with Crippen molar-refractivity contribution in [2.45, 2.75) is 38.0 Å². The van der Waals surface area contributed by atoms with E-state index < -0.39 is 10.0 Å². The van der Waals surface area contributed by atoms with Crippen molar-refractivity contribution in [2.75, 3.05) is 39.0 Å². The molecule has 1 aromatic rings. The Labute approximate surface area is 186 Å². The van der Waals surface area contributed by atoms with Crippen LogP contribution in [0.2, 0.25) is 0 Å². The van der Waals surface area contributed by atoms with E-state index in [1.807, 2.05) is 0 Å². The zero-order valence-corrected chi connectivity index (χ0v) is 20.0. The summed E-state index contributed by atoms with van der Waals surface area (Å²) in [5, 5.41) is 6.81. The number of rotatable bonds is 7. The molecule has 0 unspecified atom stereocenters. The first-order valence-corrected chi connectivity index (χ1v) is 11.8. The summed E-state index contributed by atoms with van der Waals surface area (Å²) in [6, 6.07) is 10.7. The van der Waals surface area contributed by atoms with Crippen LogP contribution in [-0.2, 0) is 15.4 Å². The molecule has 8 heteroatoms. The van der Waals surface area contributed by atoms with Gasteiger partial charge in [-0.1, -0.05) is 30.3 Å². The molecule has 2 N–H and O–H groups in total. The molecule has 0 amide bonds. The van der Waals surface area contributed by atoms with Crippen LogP contribution in [0.3, 0.4) is 0 Å². The van der Waals surface area contributed by atoms with Crippen LogP contribution in [0.4, 0.5) is 0 Å². The normalized spacial score (nSPS) is 20.3. The number of hydrogen-bond acceptors (Lipinski definition) is 3. The van der Waals surface area contributed by atoms with E-state index in [1.165, 1.54) is 24.7 Å². The third kappa shape index (κ3) is 6.32. The minimum absolute atomic E-state index is 0. The van der Waals surface area contributed by atoms with Crippen molar-refractivity contribution in [2.24, 2.45) is 10.9 Å². The zero-order valence-electron chi connectivity index (χ0n) is 16.9.